The van der Waals surface area contributed by atoms with Gasteiger partial charge in [0.1, 0.15) is 0 Å². The molecule has 0 spiro atoms. The van der Waals surface area contributed by atoms with E-state index in [0.29, 0.717) is 0 Å². The van der Waals surface area contributed by atoms with Gasteiger partial charge in [0.15, 0.2) is 5.60 Å². The summed E-state index contributed by atoms with van der Waals surface area (Å²) >= 11 is 0. The van der Waals surface area contributed by atoms with E-state index in [1.807, 2.05) is 30.3 Å². The van der Waals surface area contributed by atoms with E-state index in [1.54, 1.807) is 0 Å². The number of likely N-dealkylation sites (tertiary alicyclic amines) is 1. The van der Waals surface area contributed by atoms with E-state index in [2.05, 4.69) is 24.1 Å². The molecule has 162 valence electrons. The molecule has 1 amide bonds. The minimum Gasteiger partial charge on any atom is -0.375 e. The second kappa shape index (κ2) is 10.6. The standard InChI is InChI=1S/C25H40N2O2/c1-3-9-20(2)14-17-27-18-15-23(16-19-27)26-24(28)25(29,22-12-7-8-13-22)21-10-5-4-6-11-21/h4-6,10-11,20,22-23,29H,3,7-9,12-19H2,1-2H3,(H,26,28). The van der Waals surface area contributed by atoms with Crippen molar-refractivity contribution in [2.45, 2.75) is 83.3 Å². The minimum absolute atomic E-state index is 0.0186. The molecule has 1 aliphatic carbocycles. The van der Waals surface area contributed by atoms with Crippen molar-refractivity contribution in [3.63, 3.8) is 0 Å². The van der Waals surface area contributed by atoms with Crippen LogP contribution in [0.1, 0.15) is 77.2 Å². The Kier molecular flexibility index (Phi) is 8.14. The Hall–Kier alpha value is -1.39. The van der Waals surface area contributed by atoms with Gasteiger partial charge in [-0.3, -0.25) is 4.79 Å². The first kappa shape index (κ1) is 22.3. The van der Waals surface area contributed by atoms with Gasteiger partial charge in [0.25, 0.3) is 5.91 Å². The molecule has 1 aliphatic heterocycles. The lowest BCUT2D eigenvalue weighted by Crippen LogP contribution is -2.54. The van der Waals surface area contributed by atoms with Crippen LogP contribution >= 0.6 is 0 Å². The van der Waals surface area contributed by atoms with Gasteiger partial charge >= 0.3 is 0 Å². The van der Waals surface area contributed by atoms with Crippen molar-refractivity contribution in [1.29, 1.82) is 0 Å². The quantitative estimate of drug-likeness (QED) is 0.643. The number of rotatable bonds is 9. The van der Waals surface area contributed by atoms with Crippen molar-refractivity contribution < 1.29 is 9.90 Å². The van der Waals surface area contributed by atoms with Gasteiger partial charge in [-0.15, -0.1) is 0 Å². The number of amides is 1. The zero-order valence-corrected chi connectivity index (χ0v) is 18.4. The highest BCUT2D eigenvalue weighted by Gasteiger charge is 2.46. The molecule has 4 heteroatoms. The topological polar surface area (TPSA) is 52.6 Å². The summed E-state index contributed by atoms with van der Waals surface area (Å²) in [4.78, 5) is 15.9. The van der Waals surface area contributed by atoms with Gasteiger partial charge in [-0.2, -0.15) is 0 Å². The van der Waals surface area contributed by atoms with E-state index in [0.717, 1.165) is 69.6 Å². The zero-order valence-electron chi connectivity index (χ0n) is 18.4. The maximum atomic E-state index is 13.3. The van der Waals surface area contributed by atoms with Crippen LogP contribution in [0, 0.1) is 11.8 Å². The smallest absolute Gasteiger partial charge is 0.257 e. The fourth-order valence-electron chi connectivity index (χ4n) is 5.22. The summed E-state index contributed by atoms with van der Waals surface area (Å²) in [6, 6.07) is 9.74. The molecule has 3 rings (SSSR count). The van der Waals surface area contributed by atoms with Crippen LogP contribution in [0.25, 0.3) is 0 Å². The minimum atomic E-state index is -1.40. The first-order valence-electron chi connectivity index (χ1n) is 11.8. The average molecular weight is 401 g/mol. The molecule has 1 aromatic carbocycles. The van der Waals surface area contributed by atoms with Crippen molar-refractivity contribution in [2.24, 2.45) is 11.8 Å². The molecule has 1 saturated carbocycles. The summed E-state index contributed by atoms with van der Waals surface area (Å²) in [6.45, 7) is 7.85. The van der Waals surface area contributed by atoms with Crippen LogP contribution in [0.4, 0.5) is 0 Å². The Balaban J connectivity index is 1.56. The molecule has 2 unspecified atom stereocenters. The van der Waals surface area contributed by atoms with Gasteiger partial charge in [-0.05, 0) is 50.1 Å². The predicted molar refractivity (Wildman–Crippen MR) is 119 cm³/mol. The Morgan fingerprint density at radius 1 is 1.14 bits per heavy atom. The highest BCUT2D eigenvalue weighted by molar-refractivity contribution is 5.87. The summed E-state index contributed by atoms with van der Waals surface area (Å²) in [6.07, 6.45) is 9.84. The number of carbonyl (C=O) groups is 1. The molecule has 0 aromatic heterocycles. The number of benzene rings is 1. The van der Waals surface area contributed by atoms with E-state index >= 15 is 0 Å². The molecule has 1 heterocycles. The molecule has 2 aliphatic rings. The van der Waals surface area contributed by atoms with Gasteiger partial charge in [-0.1, -0.05) is 69.9 Å². The normalized spacial score (nSPS) is 22.3. The number of hydrogen-bond donors (Lipinski definition) is 2. The number of nitrogens with zero attached hydrogens (tertiary/aromatic N) is 1. The molecule has 2 atom stereocenters. The number of aliphatic hydroxyl groups is 1. The largest absolute Gasteiger partial charge is 0.375 e. The maximum Gasteiger partial charge on any atom is 0.257 e. The number of piperidine rings is 1. The number of nitrogens with one attached hydrogen (secondary N) is 1. The van der Waals surface area contributed by atoms with Crippen LogP contribution < -0.4 is 5.32 Å². The molecule has 4 nitrogen and oxygen atoms in total. The first-order chi connectivity index (χ1) is 14.0. The van der Waals surface area contributed by atoms with Crippen molar-refractivity contribution in [3.05, 3.63) is 35.9 Å². The monoisotopic (exact) mass is 400 g/mol. The molecule has 29 heavy (non-hydrogen) atoms. The van der Waals surface area contributed by atoms with Crippen LogP contribution in [0.15, 0.2) is 30.3 Å². The highest BCUT2D eigenvalue weighted by Crippen LogP contribution is 2.41. The van der Waals surface area contributed by atoms with Crippen molar-refractivity contribution >= 4 is 5.91 Å². The van der Waals surface area contributed by atoms with E-state index < -0.39 is 5.60 Å². The lowest BCUT2D eigenvalue weighted by Gasteiger charge is -2.37. The Labute approximate surface area is 177 Å². The highest BCUT2D eigenvalue weighted by atomic mass is 16.3. The molecule has 2 fully saturated rings. The molecule has 1 saturated heterocycles. The Bertz CT molecular complexity index is 621. The summed E-state index contributed by atoms with van der Waals surface area (Å²) < 4.78 is 0. The first-order valence-corrected chi connectivity index (χ1v) is 11.8. The Morgan fingerprint density at radius 3 is 2.41 bits per heavy atom. The third kappa shape index (κ3) is 5.61. The fraction of sp³-hybridized carbons (Fsp3) is 0.720. The molecular weight excluding hydrogens is 360 g/mol. The van der Waals surface area contributed by atoms with E-state index in [-0.39, 0.29) is 17.9 Å². The lowest BCUT2D eigenvalue weighted by atomic mass is 9.79. The molecule has 1 aromatic rings. The van der Waals surface area contributed by atoms with E-state index in [4.69, 9.17) is 0 Å². The van der Waals surface area contributed by atoms with Crippen molar-refractivity contribution in [1.82, 2.24) is 10.2 Å². The zero-order chi connectivity index (χ0) is 20.7. The summed E-state index contributed by atoms with van der Waals surface area (Å²) in [7, 11) is 0. The number of carbonyl (C=O) groups excluding carboxylic acids is 1. The summed E-state index contributed by atoms with van der Waals surface area (Å²) in [5.41, 5.74) is -0.656. The third-order valence-electron chi connectivity index (χ3n) is 7.15. The van der Waals surface area contributed by atoms with Gasteiger partial charge in [0.05, 0.1) is 0 Å². The summed E-state index contributed by atoms with van der Waals surface area (Å²) in [5.74, 6) is 0.625. The van der Waals surface area contributed by atoms with Gasteiger partial charge in [0, 0.05) is 25.0 Å². The average Bonchev–Trinajstić information content (AvgIpc) is 3.29. The Morgan fingerprint density at radius 2 is 1.79 bits per heavy atom. The second-order valence-electron chi connectivity index (χ2n) is 9.39. The van der Waals surface area contributed by atoms with E-state index in [9.17, 15) is 9.90 Å². The molecule has 0 bridgehead atoms. The lowest BCUT2D eigenvalue weighted by molar-refractivity contribution is -0.148. The van der Waals surface area contributed by atoms with Crippen LogP contribution in [0.3, 0.4) is 0 Å². The van der Waals surface area contributed by atoms with Crippen LogP contribution in [-0.4, -0.2) is 41.6 Å². The third-order valence-corrected chi connectivity index (χ3v) is 7.15. The molecular formula is C25H40N2O2. The van der Waals surface area contributed by atoms with Crippen LogP contribution in [0.2, 0.25) is 0 Å². The second-order valence-corrected chi connectivity index (χ2v) is 9.39. The van der Waals surface area contributed by atoms with E-state index in [1.165, 1.54) is 19.3 Å². The summed E-state index contributed by atoms with van der Waals surface area (Å²) in [5, 5.41) is 14.8. The molecule has 0 radical (unpaired) electrons. The van der Waals surface area contributed by atoms with Gasteiger partial charge in [-0.25, -0.2) is 0 Å². The van der Waals surface area contributed by atoms with Crippen LogP contribution in [0.5, 0.6) is 0 Å². The van der Waals surface area contributed by atoms with Gasteiger partial charge < -0.3 is 15.3 Å². The SMILES string of the molecule is CCCC(C)CCN1CCC(NC(=O)C(O)(c2ccccc2)C2CCCC2)CC1. The maximum absolute atomic E-state index is 13.3. The predicted octanol–water partition coefficient (Wildman–Crippen LogP) is 4.47. The number of hydrogen-bond acceptors (Lipinski definition) is 3. The van der Waals surface area contributed by atoms with Crippen LogP contribution in [-0.2, 0) is 10.4 Å². The van der Waals surface area contributed by atoms with Crippen molar-refractivity contribution in [2.75, 3.05) is 19.6 Å². The fourth-order valence-corrected chi connectivity index (χ4v) is 5.22. The molecule has 2 N–H and O–H groups in total. The van der Waals surface area contributed by atoms with Crippen molar-refractivity contribution in [3.8, 4) is 0 Å². The van der Waals surface area contributed by atoms with Gasteiger partial charge in [0.2, 0.25) is 0 Å².